The SMILES string of the molecule is Cc1cc(=O)oc2cc(NC(=O)OC[C@H](N)C(=O)O)ccc12. The van der Waals surface area contributed by atoms with Crippen molar-refractivity contribution in [1.82, 2.24) is 0 Å². The molecule has 1 heterocycles. The zero-order chi connectivity index (χ0) is 16.3. The summed E-state index contributed by atoms with van der Waals surface area (Å²) in [7, 11) is 0. The van der Waals surface area contributed by atoms with E-state index in [9.17, 15) is 14.4 Å². The number of aryl methyl sites for hydroxylation is 1. The van der Waals surface area contributed by atoms with Gasteiger partial charge in [0, 0.05) is 23.2 Å². The third-order valence-electron chi connectivity index (χ3n) is 2.91. The molecular formula is C14H14N2O6. The first-order valence-corrected chi connectivity index (χ1v) is 6.33. The van der Waals surface area contributed by atoms with Gasteiger partial charge in [-0.3, -0.25) is 10.1 Å². The van der Waals surface area contributed by atoms with E-state index in [-0.39, 0.29) is 0 Å². The lowest BCUT2D eigenvalue weighted by Crippen LogP contribution is -2.36. The maximum atomic E-state index is 11.5. The summed E-state index contributed by atoms with van der Waals surface area (Å²) in [6, 6.07) is 4.85. The Morgan fingerprint density at radius 3 is 2.82 bits per heavy atom. The van der Waals surface area contributed by atoms with E-state index in [1.54, 1.807) is 19.1 Å². The summed E-state index contributed by atoms with van der Waals surface area (Å²) in [6.45, 7) is 1.32. The second-order valence-corrected chi connectivity index (χ2v) is 4.63. The van der Waals surface area contributed by atoms with Gasteiger partial charge in [0.15, 0.2) is 0 Å². The molecule has 0 spiro atoms. The summed E-state index contributed by atoms with van der Waals surface area (Å²) >= 11 is 0. The Bertz CT molecular complexity index is 782. The number of nitrogens with one attached hydrogen (secondary N) is 1. The predicted octanol–water partition coefficient (Wildman–Crippen LogP) is 1.06. The molecule has 8 nitrogen and oxygen atoms in total. The number of ether oxygens (including phenoxy) is 1. The number of aliphatic carboxylic acids is 1. The number of carboxylic acid groups (broad SMARTS) is 1. The van der Waals surface area contributed by atoms with Crippen LogP contribution in [0.25, 0.3) is 11.0 Å². The second kappa shape index (κ2) is 6.27. The van der Waals surface area contributed by atoms with Crippen LogP contribution in [-0.4, -0.2) is 29.8 Å². The van der Waals surface area contributed by atoms with Crippen molar-refractivity contribution in [3.05, 3.63) is 40.2 Å². The molecule has 8 heteroatoms. The van der Waals surface area contributed by atoms with E-state index in [0.29, 0.717) is 11.3 Å². The molecule has 0 aliphatic rings. The van der Waals surface area contributed by atoms with Crippen molar-refractivity contribution in [2.75, 3.05) is 11.9 Å². The van der Waals surface area contributed by atoms with Crippen molar-refractivity contribution in [2.24, 2.45) is 5.73 Å². The van der Waals surface area contributed by atoms with Crippen LogP contribution in [0.1, 0.15) is 5.56 Å². The fourth-order valence-electron chi connectivity index (χ4n) is 1.79. The van der Waals surface area contributed by atoms with E-state index < -0.39 is 30.3 Å². The summed E-state index contributed by atoms with van der Waals surface area (Å²) in [5, 5.41) is 11.7. The maximum absolute atomic E-state index is 11.5. The molecule has 4 N–H and O–H groups in total. The Hall–Kier alpha value is -2.87. The lowest BCUT2D eigenvalue weighted by atomic mass is 10.1. The first-order chi connectivity index (χ1) is 10.4. The highest BCUT2D eigenvalue weighted by Gasteiger charge is 2.14. The predicted molar refractivity (Wildman–Crippen MR) is 77.8 cm³/mol. The summed E-state index contributed by atoms with van der Waals surface area (Å²) in [4.78, 5) is 33.4. The van der Waals surface area contributed by atoms with Crippen molar-refractivity contribution in [3.8, 4) is 0 Å². The number of hydrogen-bond acceptors (Lipinski definition) is 6. The van der Waals surface area contributed by atoms with E-state index in [2.05, 4.69) is 10.1 Å². The van der Waals surface area contributed by atoms with Gasteiger partial charge < -0.3 is 20.0 Å². The molecule has 0 aliphatic heterocycles. The smallest absolute Gasteiger partial charge is 0.411 e. The van der Waals surface area contributed by atoms with E-state index in [0.717, 1.165) is 10.9 Å². The van der Waals surface area contributed by atoms with Crippen LogP contribution >= 0.6 is 0 Å². The normalized spacial score (nSPS) is 11.9. The minimum atomic E-state index is -1.29. The molecule has 116 valence electrons. The molecule has 0 fully saturated rings. The number of fused-ring (bicyclic) bond motifs is 1. The highest BCUT2D eigenvalue weighted by atomic mass is 16.5. The number of carbonyl (C=O) groups is 2. The van der Waals surface area contributed by atoms with Gasteiger partial charge in [-0.2, -0.15) is 0 Å². The van der Waals surface area contributed by atoms with Crippen LogP contribution < -0.4 is 16.7 Å². The number of anilines is 1. The first-order valence-electron chi connectivity index (χ1n) is 6.33. The molecule has 1 aromatic carbocycles. The van der Waals surface area contributed by atoms with Crippen LogP contribution in [0.4, 0.5) is 10.5 Å². The highest BCUT2D eigenvalue weighted by molar-refractivity contribution is 5.90. The number of hydrogen-bond donors (Lipinski definition) is 3. The third-order valence-corrected chi connectivity index (χ3v) is 2.91. The second-order valence-electron chi connectivity index (χ2n) is 4.63. The maximum Gasteiger partial charge on any atom is 0.411 e. The van der Waals surface area contributed by atoms with Gasteiger partial charge >= 0.3 is 17.7 Å². The molecule has 0 unspecified atom stereocenters. The fraction of sp³-hybridized carbons (Fsp3) is 0.214. The van der Waals surface area contributed by atoms with Crippen molar-refractivity contribution in [2.45, 2.75) is 13.0 Å². The summed E-state index contributed by atoms with van der Waals surface area (Å²) in [5.74, 6) is -1.27. The van der Waals surface area contributed by atoms with E-state index in [1.807, 2.05) is 0 Å². The number of carbonyl (C=O) groups excluding carboxylic acids is 1. The average molecular weight is 306 g/mol. The van der Waals surface area contributed by atoms with Gasteiger partial charge in [-0.15, -0.1) is 0 Å². The molecule has 0 bridgehead atoms. The van der Waals surface area contributed by atoms with Crippen LogP contribution in [0.15, 0.2) is 33.5 Å². The molecular weight excluding hydrogens is 292 g/mol. The van der Waals surface area contributed by atoms with Gasteiger partial charge in [0.05, 0.1) is 0 Å². The lowest BCUT2D eigenvalue weighted by molar-refractivity contribution is -0.139. The van der Waals surface area contributed by atoms with Gasteiger partial charge in [0.25, 0.3) is 0 Å². The summed E-state index contributed by atoms with van der Waals surface area (Å²) < 4.78 is 9.73. The van der Waals surface area contributed by atoms with E-state index in [1.165, 1.54) is 12.1 Å². The highest BCUT2D eigenvalue weighted by Crippen LogP contribution is 2.20. The van der Waals surface area contributed by atoms with Crippen molar-refractivity contribution < 1.29 is 23.8 Å². The summed E-state index contributed by atoms with van der Waals surface area (Å²) in [6.07, 6.45) is -0.856. The van der Waals surface area contributed by atoms with Gasteiger partial charge in [-0.05, 0) is 24.6 Å². The Labute approximate surface area is 124 Å². The van der Waals surface area contributed by atoms with Crippen LogP contribution in [0.2, 0.25) is 0 Å². The molecule has 1 aromatic heterocycles. The molecule has 0 saturated heterocycles. The quantitative estimate of drug-likeness (QED) is 0.719. The molecule has 2 aromatic rings. The Balaban J connectivity index is 2.10. The molecule has 1 amide bonds. The number of carboxylic acids is 1. The monoisotopic (exact) mass is 306 g/mol. The number of benzene rings is 1. The molecule has 0 radical (unpaired) electrons. The fourth-order valence-corrected chi connectivity index (χ4v) is 1.79. The molecule has 0 aliphatic carbocycles. The minimum Gasteiger partial charge on any atom is -0.480 e. The zero-order valence-corrected chi connectivity index (χ0v) is 11.7. The molecule has 1 atom stereocenters. The van der Waals surface area contributed by atoms with Crippen LogP contribution in [0.3, 0.4) is 0 Å². The Kier molecular flexibility index (Phi) is 4.42. The largest absolute Gasteiger partial charge is 0.480 e. The topological polar surface area (TPSA) is 132 Å². The molecule has 2 rings (SSSR count). The first kappa shape index (κ1) is 15.5. The number of nitrogens with two attached hydrogens (primary N) is 1. The Morgan fingerprint density at radius 1 is 1.41 bits per heavy atom. The zero-order valence-electron chi connectivity index (χ0n) is 11.7. The molecule has 0 saturated carbocycles. The van der Waals surface area contributed by atoms with Crippen LogP contribution in [0.5, 0.6) is 0 Å². The van der Waals surface area contributed by atoms with Crippen molar-refractivity contribution in [1.29, 1.82) is 0 Å². The third kappa shape index (κ3) is 3.61. The lowest BCUT2D eigenvalue weighted by Gasteiger charge is -2.10. The number of amides is 1. The Morgan fingerprint density at radius 2 is 2.14 bits per heavy atom. The minimum absolute atomic E-state index is 0.324. The van der Waals surface area contributed by atoms with E-state index >= 15 is 0 Å². The van der Waals surface area contributed by atoms with Crippen molar-refractivity contribution in [3.63, 3.8) is 0 Å². The summed E-state index contributed by atoms with van der Waals surface area (Å²) in [5.41, 5.74) is 6.15. The van der Waals surface area contributed by atoms with Crippen molar-refractivity contribution >= 4 is 28.7 Å². The van der Waals surface area contributed by atoms with E-state index in [4.69, 9.17) is 15.3 Å². The molecule has 22 heavy (non-hydrogen) atoms. The number of rotatable bonds is 4. The standard InChI is InChI=1S/C14H14N2O6/c1-7-4-12(17)22-11-5-8(2-3-9(7)11)16-14(20)21-6-10(15)13(18)19/h2-5,10H,6,15H2,1H3,(H,16,20)(H,18,19)/t10-/m0/s1. The van der Waals surface area contributed by atoms with Crippen LogP contribution in [0, 0.1) is 6.92 Å². The van der Waals surface area contributed by atoms with Gasteiger partial charge in [-0.1, -0.05) is 0 Å². The van der Waals surface area contributed by atoms with Crippen LogP contribution in [-0.2, 0) is 9.53 Å². The van der Waals surface area contributed by atoms with Gasteiger partial charge in [0.1, 0.15) is 18.2 Å². The van der Waals surface area contributed by atoms with Gasteiger partial charge in [-0.25, -0.2) is 9.59 Å². The van der Waals surface area contributed by atoms with Gasteiger partial charge in [0.2, 0.25) is 0 Å². The average Bonchev–Trinajstić information content (AvgIpc) is 2.43.